The van der Waals surface area contributed by atoms with Crippen molar-refractivity contribution in [2.45, 2.75) is 30.5 Å². The van der Waals surface area contributed by atoms with Crippen LogP contribution in [0.25, 0.3) is 0 Å². The third-order valence-corrected chi connectivity index (χ3v) is 4.86. The van der Waals surface area contributed by atoms with Crippen molar-refractivity contribution in [2.24, 2.45) is 0 Å². The van der Waals surface area contributed by atoms with Gasteiger partial charge in [0, 0.05) is 19.3 Å². The molecule has 0 radical (unpaired) electrons. The number of amides is 2. The molecule has 7 nitrogen and oxygen atoms in total. The van der Waals surface area contributed by atoms with Crippen molar-refractivity contribution in [3.8, 4) is 0 Å². The molecule has 0 saturated carbocycles. The average Bonchev–Trinajstić information content (AvgIpc) is 2.43. The van der Waals surface area contributed by atoms with Gasteiger partial charge in [0.15, 0.2) is 6.04 Å². The van der Waals surface area contributed by atoms with E-state index in [-0.39, 0.29) is 12.3 Å². The Balaban J connectivity index is 2.29. The van der Waals surface area contributed by atoms with Crippen LogP contribution in [0.5, 0.6) is 0 Å². The highest BCUT2D eigenvalue weighted by Gasteiger charge is 2.67. The Kier molecular flexibility index (Phi) is 3.79. The SMILES string of the molecule is C=C1CS[C@@H]2N(C(=O)C2(NC(=O)CC)OC)C1C(=O)O. The van der Waals surface area contributed by atoms with E-state index >= 15 is 0 Å². The van der Waals surface area contributed by atoms with E-state index in [1.165, 1.54) is 23.8 Å². The number of carboxylic acid groups (broad SMARTS) is 1. The van der Waals surface area contributed by atoms with Gasteiger partial charge in [-0.05, 0) is 5.57 Å². The van der Waals surface area contributed by atoms with E-state index in [9.17, 15) is 19.5 Å². The quantitative estimate of drug-likeness (QED) is 0.423. The second kappa shape index (κ2) is 5.10. The molecule has 0 bridgehead atoms. The van der Waals surface area contributed by atoms with Gasteiger partial charge in [-0.1, -0.05) is 13.5 Å². The zero-order valence-electron chi connectivity index (χ0n) is 11.2. The van der Waals surface area contributed by atoms with Crippen LogP contribution in [0.15, 0.2) is 12.2 Å². The molecule has 110 valence electrons. The first-order valence-electron chi connectivity index (χ1n) is 6.10. The summed E-state index contributed by atoms with van der Waals surface area (Å²) in [6, 6.07) is -1.06. The normalized spacial score (nSPS) is 32.4. The fourth-order valence-corrected chi connectivity index (χ4v) is 3.79. The number of rotatable bonds is 4. The molecule has 0 spiro atoms. The summed E-state index contributed by atoms with van der Waals surface area (Å²) in [4.78, 5) is 36.4. The Bertz CT molecular complexity index is 494. The minimum Gasteiger partial charge on any atom is -0.479 e. The third-order valence-electron chi connectivity index (χ3n) is 3.45. The number of aliphatic carboxylic acids is 1. The standard InChI is InChI=1S/C12H16N2O5S/c1-4-7(15)13-12(19-3)10(18)14-8(9(16)17)6(2)5-20-11(12)14/h8,11H,2,4-5H2,1,3H3,(H,13,15)(H,16,17)/t8?,11-,12?/m0/s1. The number of methoxy groups -OCH3 is 1. The lowest BCUT2D eigenvalue weighted by atomic mass is 9.95. The summed E-state index contributed by atoms with van der Waals surface area (Å²) in [6.07, 6.45) is 0.213. The summed E-state index contributed by atoms with van der Waals surface area (Å²) >= 11 is 1.33. The van der Waals surface area contributed by atoms with Gasteiger partial charge >= 0.3 is 5.97 Å². The predicted octanol–water partition coefficient (Wildman–Crippen LogP) is -0.220. The molecule has 2 aliphatic heterocycles. The zero-order chi connectivity index (χ0) is 15.1. The van der Waals surface area contributed by atoms with E-state index in [1.807, 2.05) is 0 Å². The Labute approximate surface area is 120 Å². The van der Waals surface area contributed by atoms with Gasteiger partial charge in [0.05, 0.1) is 0 Å². The first-order valence-corrected chi connectivity index (χ1v) is 7.15. The van der Waals surface area contributed by atoms with E-state index in [0.29, 0.717) is 11.3 Å². The number of β-lactam (4-membered cyclic amide) rings is 1. The van der Waals surface area contributed by atoms with Crippen LogP contribution in [0, 0.1) is 0 Å². The van der Waals surface area contributed by atoms with Crippen molar-refractivity contribution in [1.82, 2.24) is 10.2 Å². The molecule has 2 fully saturated rings. The molecule has 2 aliphatic rings. The van der Waals surface area contributed by atoms with Crippen LogP contribution in [-0.4, -0.2) is 57.8 Å². The van der Waals surface area contributed by atoms with E-state index in [1.54, 1.807) is 6.92 Å². The van der Waals surface area contributed by atoms with Gasteiger partial charge in [0.25, 0.3) is 11.6 Å². The topological polar surface area (TPSA) is 95.9 Å². The first-order chi connectivity index (χ1) is 9.39. The number of thioether (sulfide) groups is 1. The average molecular weight is 300 g/mol. The summed E-state index contributed by atoms with van der Waals surface area (Å²) in [7, 11) is 1.32. The molecule has 2 amide bonds. The van der Waals surface area contributed by atoms with Gasteiger partial charge in [-0.3, -0.25) is 9.59 Å². The molecule has 2 saturated heterocycles. The van der Waals surface area contributed by atoms with Gasteiger partial charge in [-0.25, -0.2) is 4.79 Å². The van der Waals surface area contributed by atoms with Crippen LogP contribution < -0.4 is 5.32 Å². The highest BCUT2D eigenvalue weighted by atomic mass is 32.2. The van der Waals surface area contributed by atoms with Gasteiger partial charge in [0.2, 0.25) is 5.91 Å². The molecule has 2 rings (SSSR count). The van der Waals surface area contributed by atoms with Gasteiger partial charge in [-0.15, -0.1) is 11.8 Å². The number of fused-ring (bicyclic) bond motifs is 1. The Hall–Kier alpha value is -1.54. The number of nitrogens with one attached hydrogen (secondary N) is 1. The van der Waals surface area contributed by atoms with Gasteiger partial charge in [0.1, 0.15) is 5.37 Å². The van der Waals surface area contributed by atoms with Crippen molar-refractivity contribution in [3.05, 3.63) is 12.2 Å². The highest BCUT2D eigenvalue weighted by molar-refractivity contribution is 8.00. The van der Waals surface area contributed by atoms with Crippen LogP contribution in [-0.2, 0) is 19.1 Å². The smallest absolute Gasteiger partial charge is 0.330 e. The molecule has 0 aliphatic carbocycles. The number of hydrogen-bond donors (Lipinski definition) is 2. The molecule has 20 heavy (non-hydrogen) atoms. The fourth-order valence-electron chi connectivity index (χ4n) is 2.39. The number of nitrogens with zero attached hydrogens (tertiary/aromatic N) is 1. The lowest BCUT2D eigenvalue weighted by Gasteiger charge is -2.58. The molecular formula is C12H16N2O5S. The van der Waals surface area contributed by atoms with E-state index in [0.717, 1.165) is 0 Å². The number of ether oxygens (including phenoxy) is 1. The summed E-state index contributed by atoms with van der Waals surface area (Å²) in [6.45, 7) is 5.36. The number of carbonyl (C=O) groups excluding carboxylic acids is 2. The summed E-state index contributed by atoms with van der Waals surface area (Å²) in [5, 5.41) is 11.2. The van der Waals surface area contributed by atoms with Crippen LogP contribution >= 0.6 is 11.8 Å². The lowest BCUT2D eigenvalue weighted by Crippen LogP contribution is -2.83. The van der Waals surface area contributed by atoms with Crippen molar-refractivity contribution in [2.75, 3.05) is 12.9 Å². The van der Waals surface area contributed by atoms with Gasteiger partial charge in [-0.2, -0.15) is 0 Å². The third kappa shape index (κ3) is 1.90. The molecule has 3 atom stereocenters. The number of carboxylic acids is 1. The molecule has 0 aromatic heterocycles. The second-order valence-corrected chi connectivity index (χ2v) is 5.68. The molecule has 0 aromatic carbocycles. The fraction of sp³-hybridized carbons (Fsp3) is 0.583. The Morgan fingerprint density at radius 1 is 1.65 bits per heavy atom. The largest absolute Gasteiger partial charge is 0.479 e. The minimum atomic E-state index is -1.47. The molecule has 8 heteroatoms. The number of carbonyl (C=O) groups is 3. The summed E-state index contributed by atoms with van der Waals surface area (Å²) < 4.78 is 5.22. The lowest BCUT2D eigenvalue weighted by molar-refractivity contribution is -0.201. The second-order valence-electron chi connectivity index (χ2n) is 4.62. The maximum atomic E-state index is 12.3. The van der Waals surface area contributed by atoms with Crippen LogP contribution in [0.3, 0.4) is 0 Å². The van der Waals surface area contributed by atoms with Crippen LogP contribution in [0.2, 0.25) is 0 Å². The van der Waals surface area contributed by atoms with Crippen LogP contribution in [0.4, 0.5) is 0 Å². The van der Waals surface area contributed by atoms with Crippen molar-refractivity contribution < 1.29 is 24.2 Å². The van der Waals surface area contributed by atoms with Crippen molar-refractivity contribution in [1.29, 1.82) is 0 Å². The maximum absolute atomic E-state index is 12.3. The molecular weight excluding hydrogens is 284 g/mol. The maximum Gasteiger partial charge on any atom is 0.330 e. The minimum absolute atomic E-state index is 0.213. The van der Waals surface area contributed by atoms with Gasteiger partial charge < -0.3 is 20.1 Å². The summed E-state index contributed by atoms with van der Waals surface area (Å²) in [5.41, 5.74) is -1.01. The van der Waals surface area contributed by atoms with E-state index in [2.05, 4.69) is 11.9 Å². The molecule has 2 N–H and O–H groups in total. The van der Waals surface area contributed by atoms with E-state index in [4.69, 9.17) is 4.74 Å². The van der Waals surface area contributed by atoms with E-state index < -0.39 is 29.0 Å². The Morgan fingerprint density at radius 2 is 2.30 bits per heavy atom. The highest BCUT2D eigenvalue weighted by Crippen LogP contribution is 2.46. The molecule has 2 unspecified atom stereocenters. The Morgan fingerprint density at radius 3 is 2.80 bits per heavy atom. The zero-order valence-corrected chi connectivity index (χ0v) is 12.0. The summed E-state index contributed by atoms with van der Waals surface area (Å²) in [5.74, 6) is -1.59. The monoisotopic (exact) mass is 300 g/mol. The first kappa shape index (κ1) is 14.9. The molecule has 0 aromatic rings. The van der Waals surface area contributed by atoms with Crippen LogP contribution in [0.1, 0.15) is 13.3 Å². The number of hydrogen-bond acceptors (Lipinski definition) is 5. The van der Waals surface area contributed by atoms with Crippen molar-refractivity contribution in [3.63, 3.8) is 0 Å². The predicted molar refractivity (Wildman–Crippen MR) is 71.8 cm³/mol. The van der Waals surface area contributed by atoms with Crippen molar-refractivity contribution >= 4 is 29.5 Å². The molecule has 2 heterocycles.